The molecule has 1 aromatic rings. The monoisotopic (exact) mass is 223 g/mol. The quantitative estimate of drug-likeness (QED) is 0.630. The molecular formula is C14H24P+. The zero-order chi connectivity index (χ0) is 11.1. The highest BCUT2D eigenvalue weighted by Gasteiger charge is 2.30. The summed E-state index contributed by atoms with van der Waals surface area (Å²) >= 11 is 0. The first-order valence-corrected chi connectivity index (χ1v) is 8.68. The summed E-state index contributed by atoms with van der Waals surface area (Å²) in [5.74, 6) is 0. The summed E-state index contributed by atoms with van der Waals surface area (Å²) in [7, 11) is -0.604. The highest BCUT2D eigenvalue weighted by atomic mass is 31.2. The van der Waals surface area contributed by atoms with Gasteiger partial charge < -0.3 is 0 Å². The molecule has 1 heteroatoms. The maximum absolute atomic E-state index is 2.38. The van der Waals surface area contributed by atoms with Gasteiger partial charge in [0.25, 0.3) is 0 Å². The van der Waals surface area contributed by atoms with Crippen LogP contribution in [0.4, 0.5) is 0 Å². The summed E-state index contributed by atoms with van der Waals surface area (Å²) in [5, 5.41) is 0. The molecule has 0 bridgehead atoms. The van der Waals surface area contributed by atoms with E-state index < -0.39 is 7.26 Å². The first kappa shape index (κ1) is 12.7. The van der Waals surface area contributed by atoms with Crippen molar-refractivity contribution >= 4 is 7.26 Å². The van der Waals surface area contributed by atoms with E-state index in [0.717, 1.165) is 0 Å². The summed E-state index contributed by atoms with van der Waals surface area (Å²) in [6, 6.07) is 10.9. The Morgan fingerprint density at radius 3 is 1.87 bits per heavy atom. The van der Waals surface area contributed by atoms with Crippen molar-refractivity contribution in [3.05, 3.63) is 35.9 Å². The maximum Gasteiger partial charge on any atom is 0.0634 e. The van der Waals surface area contributed by atoms with E-state index >= 15 is 0 Å². The first-order valence-electron chi connectivity index (χ1n) is 6.15. The standard InChI is InChI=1S/C14H24P/c1-4-15(5-2,6-3)13-12-14-10-8-7-9-11-14/h7-11H,4-6,12-13H2,1-3H3/q+1. The largest absolute Gasteiger partial charge is 0.0634 e. The van der Waals surface area contributed by atoms with E-state index in [9.17, 15) is 0 Å². The number of hydrogen-bond donors (Lipinski definition) is 0. The fraction of sp³-hybridized carbons (Fsp3) is 0.571. The minimum Gasteiger partial charge on any atom is -0.0622 e. The lowest BCUT2D eigenvalue weighted by molar-refractivity contribution is 1.10. The van der Waals surface area contributed by atoms with E-state index in [0.29, 0.717) is 0 Å². The van der Waals surface area contributed by atoms with Crippen LogP contribution < -0.4 is 0 Å². The Hall–Kier alpha value is -0.350. The highest BCUT2D eigenvalue weighted by molar-refractivity contribution is 7.75. The van der Waals surface area contributed by atoms with Crippen LogP contribution in [-0.2, 0) is 6.42 Å². The summed E-state index contributed by atoms with van der Waals surface area (Å²) in [6.07, 6.45) is 7.00. The molecule has 0 radical (unpaired) electrons. The van der Waals surface area contributed by atoms with Gasteiger partial charge in [-0.1, -0.05) is 30.3 Å². The fourth-order valence-electron chi connectivity index (χ4n) is 2.16. The second kappa shape index (κ2) is 6.28. The molecule has 0 saturated heterocycles. The summed E-state index contributed by atoms with van der Waals surface area (Å²) in [5.41, 5.74) is 1.51. The van der Waals surface area contributed by atoms with Crippen molar-refractivity contribution in [3.8, 4) is 0 Å². The lowest BCUT2D eigenvalue weighted by atomic mass is 10.2. The fourth-order valence-corrected chi connectivity index (χ4v) is 5.18. The number of rotatable bonds is 6. The van der Waals surface area contributed by atoms with Crippen LogP contribution in [0.25, 0.3) is 0 Å². The SMILES string of the molecule is CC[P+](CC)(CC)CCc1ccccc1. The molecular weight excluding hydrogens is 199 g/mol. The summed E-state index contributed by atoms with van der Waals surface area (Å²) in [4.78, 5) is 0. The lowest BCUT2D eigenvalue weighted by Crippen LogP contribution is -2.09. The number of benzene rings is 1. The molecule has 0 aromatic heterocycles. The van der Waals surface area contributed by atoms with Crippen molar-refractivity contribution in [1.29, 1.82) is 0 Å². The molecule has 1 rings (SSSR count). The third-order valence-electron chi connectivity index (χ3n) is 3.73. The Morgan fingerprint density at radius 2 is 1.40 bits per heavy atom. The minimum absolute atomic E-state index is 0.604. The van der Waals surface area contributed by atoms with Gasteiger partial charge in [-0.15, -0.1) is 0 Å². The predicted molar refractivity (Wildman–Crippen MR) is 73.6 cm³/mol. The average Bonchev–Trinajstić information content (AvgIpc) is 2.33. The Bertz CT molecular complexity index is 254. The van der Waals surface area contributed by atoms with Gasteiger partial charge in [-0.2, -0.15) is 0 Å². The second-order valence-corrected chi connectivity index (χ2v) is 9.28. The van der Waals surface area contributed by atoms with E-state index in [4.69, 9.17) is 0 Å². The van der Waals surface area contributed by atoms with Crippen LogP contribution in [-0.4, -0.2) is 24.6 Å². The molecule has 0 N–H and O–H groups in total. The Labute approximate surface area is 95.4 Å². The van der Waals surface area contributed by atoms with Crippen molar-refractivity contribution < 1.29 is 0 Å². The second-order valence-electron chi connectivity index (χ2n) is 4.25. The molecule has 0 amide bonds. The molecule has 0 heterocycles. The zero-order valence-corrected chi connectivity index (χ0v) is 11.3. The van der Waals surface area contributed by atoms with Gasteiger partial charge in [0, 0.05) is 13.7 Å². The van der Waals surface area contributed by atoms with Gasteiger partial charge in [-0.3, -0.25) is 0 Å². The van der Waals surface area contributed by atoms with Gasteiger partial charge >= 0.3 is 0 Å². The van der Waals surface area contributed by atoms with E-state index in [1.165, 1.54) is 36.6 Å². The van der Waals surface area contributed by atoms with Gasteiger partial charge in [0.15, 0.2) is 0 Å². The minimum atomic E-state index is -0.604. The van der Waals surface area contributed by atoms with Gasteiger partial charge in [-0.25, -0.2) is 0 Å². The van der Waals surface area contributed by atoms with Gasteiger partial charge in [-0.05, 0) is 26.3 Å². The molecule has 1 aromatic carbocycles. The van der Waals surface area contributed by atoms with Crippen molar-refractivity contribution in [3.63, 3.8) is 0 Å². The third-order valence-corrected chi connectivity index (χ3v) is 8.93. The molecule has 0 saturated carbocycles. The summed E-state index contributed by atoms with van der Waals surface area (Å²) < 4.78 is 0. The smallest absolute Gasteiger partial charge is 0.0622 e. The molecule has 0 aliphatic rings. The third kappa shape index (κ3) is 3.61. The van der Waals surface area contributed by atoms with E-state index in [1.807, 2.05) is 0 Å². The lowest BCUT2D eigenvalue weighted by Gasteiger charge is -2.23. The van der Waals surface area contributed by atoms with E-state index in [2.05, 4.69) is 51.1 Å². The maximum atomic E-state index is 2.38. The van der Waals surface area contributed by atoms with Crippen LogP contribution in [0.2, 0.25) is 0 Å². The molecule has 0 aliphatic carbocycles. The van der Waals surface area contributed by atoms with Crippen LogP contribution in [0.1, 0.15) is 26.3 Å². The number of hydrogen-bond acceptors (Lipinski definition) is 0. The average molecular weight is 223 g/mol. The molecule has 15 heavy (non-hydrogen) atoms. The van der Waals surface area contributed by atoms with Crippen molar-refractivity contribution in [2.45, 2.75) is 27.2 Å². The molecule has 0 unspecified atom stereocenters. The van der Waals surface area contributed by atoms with Crippen LogP contribution in [0, 0.1) is 0 Å². The van der Waals surface area contributed by atoms with Gasteiger partial charge in [0.2, 0.25) is 0 Å². The van der Waals surface area contributed by atoms with Crippen LogP contribution in [0.5, 0.6) is 0 Å². The molecule has 84 valence electrons. The van der Waals surface area contributed by atoms with E-state index in [-0.39, 0.29) is 0 Å². The van der Waals surface area contributed by atoms with Gasteiger partial charge in [0.05, 0.1) is 24.6 Å². The van der Waals surface area contributed by atoms with Crippen LogP contribution in [0.3, 0.4) is 0 Å². The normalized spacial score (nSPS) is 11.7. The van der Waals surface area contributed by atoms with Gasteiger partial charge in [0.1, 0.15) is 0 Å². The Morgan fingerprint density at radius 1 is 0.867 bits per heavy atom. The predicted octanol–water partition coefficient (Wildman–Crippen LogP) is 4.31. The number of aryl methyl sites for hydroxylation is 1. The van der Waals surface area contributed by atoms with Crippen molar-refractivity contribution in [2.24, 2.45) is 0 Å². The molecule has 0 aliphatic heterocycles. The highest BCUT2D eigenvalue weighted by Crippen LogP contribution is 2.57. The molecule has 0 nitrogen and oxygen atoms in total. The topological polar surface area (TPSA) is 0 Å². The van der Waals surface area contributed by atoms with Crippen molar-refractivity contribution in [2.75, 3.05) is 24.6 Å². The van der Waals surface area contributed by atoms with E-state index in [1.54, 1.807) is 0 Å². The Balaban J connectivity index is 2.54. The molecule has 0 fully saturated rings. The summed E-state index contributed by atoms with van der Waals surface area (Å²) in [6.45, 7) is 7.14. The zero-order valence-electron chi connectivity index (χ0n) is 10.4. The Kier molecular flexibility index (Phi) is 5.32. The molecule has 0 atom stereocenters. The van der Waals surface area contributed by atoms with Crippen LogP contribution in [0.15, 0.2) is 30.3 Å². The van der Waals surface area contributed by atoms with Crippen LogP contribution >= 0.6 is 7.26 Å². The molecule has 0 spiro atoms. The van der Waals surface area contributed by atoms with Crippen molar-refractivity contribution in [1.82, 2.24) is 0 Å². The first-order chi connectivity index (χ1) is 7.26.